The monoisotopic (exact) mass is 379 g/mol. The second kappa shape index (κ2) is 8.71. The summed E-state index contributed by atoms with van der Waals surface area (Å²) in [6.07, 6.45) is 0. The molecule has 0 bridgehead atoms. The molecule has 0 aliphatic heterocycles. The quantitative estimate of drug-likeness (QED) is 0.688. The van der Waals surface area contributed by atoms with Gasteiger partial charge < -0.3 is 14.4 Å². The topological polar surface area (TPSA) is 73.7 Å². The summed E-state index contributed by atoms with van der Waals surface area (Å²) in [5.41, 5.74) is 0.378. The maximum Gasteiger partial charge on any atom is 0.361 e. The molecule has 0 aliphatic rings. The Morgan fingerprint density at radius 1 is 1.31 bits per heavy atom. The third-order valence-electron chi connectivity index (χ3n) is 3.63. The summed E-state index contributed by atoms with van der Waals surface area (Å²) in [5, 5.41) is 0.622. The van der Waals surface area contributed by atoms with E-state index in [9.17, 15) is 9.59 Å². The predicted molar refractivity (Wildman–Crippen MR) is 100 cm³/mol. The third-order valence-corrected chi connectivity index (χ3v) is 3.87. The minimum atomic E-state index is -0.689. The number of hydrogen-bond donors (Lipinski definition) is 0. The molecule has 0 saturated heterocycles. The molecule has 1 aromatic carbocycles. The van der Waals surface area contributed by atoms with Crippen LogP contribution in [0.3, 0.4) is 0 Å². The lowest BCUT2D eigenvalue weighted by Gasteiger charge is -2.22. The van der Waals surface area contributed by atoms with E-state index in [1.165, 1.54) is 4.57 Å². The molecule has 2 aromatic rings. The van der Waals surface area contributed by atoms with Crippen molar-refractivity contribution in [3.8, 4) is 5.75 Å². The first-order chi connectivity index (χ1) is 12.4. The van der Waals surface area contributed by atoms with Crippen molar-refractivity contribution < 1.29 is 14.3 Å². The normalized spacial score (nSPS) is 10.5. The van der Waals surface area contributed by atoms with E-state index in [2.05, 4.69) is 4.98 Å². The fourth-order valence-electron chi connectivity index (χ4n) is 2.50. The van der Waals surface area contributed by atoms with Crippen molar-refractivity contribution in [1.82, 2.24) is 9.55 Å². The fourth-order valence-corrected chi connectivity index (χ4v) is 2.72. The number of ether oxygens (including phenoxy) is 2. The molecule has 7 nitrogen and oxygen atoms in total. The predicted octanol–water partition coefficient (Wildman–Crippen LogP) is 2.65. The van der Waals surface area contributed by atoms with Crippen LogP contribution in [-0.4, -0.2) is 35.8 Å². The van der Waals surface area contributed by atoms with Gasteiger partial charge in [-0.05, 0) is 31.5 Å². The molecule has 26 heavy (non-hydrogen) atoms. The summed E-state index contributed by atoms with van der Waals surface area (Å²) in [4.78, 5) is 31.0. The minimum absolute atomic E-state index is 0.103. The summed E-state index contributed by atoms with van der Waals surface area (Å²) in [6, 6.07) is 7.38. The molecule has 0 amide bonds. The number of rotatable bonds is 7. The Balaban J connectivity index is 2.47. The van der Waals surface area contributed by atoms with Crippen LogP contribution in [0.1, 0.15) is 29.9 Å². The third kappa shape index (κ3) is 4.35. The number of anilines is 1. The Kier molecular flexibility index (Phi) is 6.63. The van der Waals surface area contributed by atoms with E-state index in [4.69, 9.17) is 21.1 Å². The SMILES string of the molecule is CCOC(=O)c1nc(N(C)Cc2cccc(Cl)c2)n(C)c(=O)c1OCC. The number of carbonyl (C=O) groups excluding carboxylic acids is 1. The highest BCUT2D eigenvalue weighted by Gasteiger charge is 2.24. The molecule has 0 saturated carbocycles. The van der Waals surface area contributed by atoms with Crippen molar-refractivity contribution in [2.75, 3.05) is 25.2 Å². The van der Waals surface area contributed by atoms with Crippen LogP contribution in [0.25, 0.3) is 0 Å². The van der Waals surface area contributed by atoms with Crippen LogP contribution >= 0.6 is 11.6 Å². The van der Waals surface area contributed by atoms with Crippen molar-refractivity contribution in [2.45, 2.75) is 20.4 Å². The molecular formula is C18H22ClN3O4. The first kappa shape index (κ1) is 19.8. The summed E-state index contributed by atoms with van der Waals surface area (Å²) < 4.78 is 11.7. The number of carbonyl (C=O) groups is 1. The Labute approximate surface area is 157 Å². The highest BCUT2D eigenvalue weighted by molar-refractivity contribution is 6.30. The zero-order valence-electron chi connectivity index (χ0n) is 15.3. The molecule has 2 rings (SSSR count). The summed E-state index contributed by atoms with van der Waals surface area (Å²) in [7, 11) is 3.36. The molecule has 140 valence electrons. The van der Waals surface area contributed by atoms with Gasteiger partial charge in [-0.2, -0.15) is 0 Å². The van der Waals surface area contributed by atoms with Crippen molar-refractivity contribution in [3.63, 3.8) is 0 Å². The van der Waals surface area contributed by atoms with Crippen molar-refractivity contribution >= 4 is 23.5 Å². The number of hydrogen-bond acceptors (Lipinski definition) is 6. The molecule has 0 spiro atoms. The molecule has 0 fully saturated rings. The van der Waals surface area contributed by atoms with Gasteiger partial charge >= 0.3 is 5.97 Å². The lowest BCUT2D eigenvalue weighted by Crippen LogP contribution is -2.31. The van der Waals surface area contributed by atoms with Crippen LogP contribution in [0.5, 0.6) is 5.75 Å². The molecule has 0 N–H and O–H groups in total. The molecule has 8 heteroatoms. The van der Waals surface area contributed by atoms with Gasteiger partial charge in [0.25, 0.3) is 5.56 Å². The molecule has 1 heterocycles. The van der Waals surface area contributed by atoms with Gasteiger partial charge in [-0.1, -0.05) is 23.7 Å². The molecule has 0 aliphatic carbocycles. The van der Waals surface area contributed by atoms with Crippen molar-refractivity contribution in [1.29, 1.82) is 0 Å². The summed E-state index contributed by atoms with van der Waals surface area (Å²) in [6.45, 7) is 4.28. The smallest absolute Gasteiger partial charge is 0.361 e. The number of esters is 1. The van der Waals surface area contributed by atoms with E-state index < -0.39 is 11.5 Å². The van der Waals surface area contributed by atoms with Gasteiger partial charge in [0.05, 0.1) is 13.2 Å². The van der Waals surface area contributed by atoms with Gasteiger partial charge in [0.15, 0.2) is 5.69 Å². The fraction of sp³-hybridized carbons (Fsp3) is 0.389. The molecule has 0 radical (unpaired) electrons. The minimum Gasteiger partial charge on any atom is -0.486 e. The lowest BCUT2D eigenvalue weighted by molar-refractivity contribution is 0.0513. The second-order valence-corrected chi connectivity index (χ2v) is 6.03. The highest BCUT2D eigenvalue weighted by atomic mass is 35.5. The molecule has 0 atom stereocenters. The number of nitrogens with zero attached hydrogens (tertiary/aromatic N) is 3. The first-order valence-electron chi connectivity index (χ1n) is 8.25. The van der Waals surface area contributed by atoms with Crippen LogP contribution < -0.4 is 15.2 Å². The standard InChI is InChI=1S/C18H22ClN3O4/c1-5-25-15-14(17(24)26-6-2)20-18(22(4)16(15)23)21(3)11-12-8-7-9-13(19)10-12/h7-10H,5-6,11H2,1-4H3. The van der Waals surface area contributed by atoms with Gasteiger partial charge in [-0.25, -0.2) is 9.78 Å². The lowest BCUT2D eigenvalue weighted by atomic mass is 10.2. The molecular weight excluding hydrogens is 358 g/mol. The van der Waals surface area contributed by atoms with Crippen LogP contribution in [0, 0.1) is 0 Å². The average Bonchev–Trinajstić information content (AvgIpc) is 2.59. The van der Waals surface area contributed by atoms with Crippen LogP contribution in [0.2, 0.25) is 5.02 Å². The van der Waals surface area contributed by atoms with E-state index in [-0.39, 0.29) is 24.7 Å². The van der Waals surface area contributed by atoms with Crippen LogP contribution in [0.15, 0.2) is 29.1 Å². The molecule has 1 aromatic heterocycles. The average molecular weight is 380 g/mol. The first-order valence-corrected chi connectivity index (χ1v) is 8.63. The summed E-state index contributed by atoms with van der Waals surface area (Å²) >= 11 is 6.02. The van der Waals surface area contributed by atoms with E-state index in [1.54, 1.807) is 38.9 Å². The zero-order valence-corrected chi connectivity index (χ0v) is 16.0. The van der Waals surface area contributed by atoms with Gasteiger partial charge in [-0.3, -0.25) is 9.36 Å². The summed E-state index contributed by atoms with van der Waals surface area (Å²) in [5.74, 6) is -0.471. The van der Waals surface area contributed by atoms with Crippen molar-refractivity contribution in [2.24, 2.45) is 7.05 Å². The Morgan fingerprint density at radius 2 is 2.04 bits per heavy atom. The second-order valence-electron chi connectivity index (χ2n) is 5.59. The van der Waals surface area contributed by atoms with Gasteiger partial charge in [0.2, 0.25) is 11.7 Å². The zero-order chi connectivity index (χ0) is 19.3. The van der Waals surface area contributed by atoms with Crippen LogP contribution in [0.4, 0.5) is 5.95 Å². The van der Waals surface area contributed by atoms with Crippen molar-refractivity contribution in [3.05, 3.63) is 50.9 Å². The van der Waals surface area contributed by atoms with Gasteiger partial charge in [-0.15, -0.1) is 0 Å². The number of benzene rings is 1. The maximum absolute atomic E-state index is 12.7. The Hall–Kier alpha value is -2.54. The van der Waals surface area contributed by atoms with Crippen LogP contribution in [-0.2, 0) is 18.3 Å². The largest absolute Gasteiger partial charge is 0.486 e. The molecule has 0 unspecified atom stereocenters. The maximum atomic E-state index is 12.7. The van der Waals surface area contributed by atoms with E-state index in [0.29, 0.717) is 17.5 Å². The Bertz CT molecular complexity index is 851. The van der Waals surface area contributed by atoms with E-state index in [1.807, 2.05) is 18.2 Å². The number of halogens is 1. The van der Waals surface area contributed by atoms with Gasteiger partial charge in [0.1, 0.15) is 0 Å². The van der Waals surface area contributed by atoms with E-state index >= 15 is 0 Å². The van der Waals surface area contributed by atoms with E-state index in [0.717, 1.165) is 5.56 Å². The number of aromatic nitrogens is 2. The Morgan fingerprint density at radius 3 is 2.65 bits per heavy atom. The van der Waals surface area contributed by atoms with Gasteiger partial charge in [0, 0.05) is 25.7 Å². The highest BCUT2D eigenvalue weighted by Crippen LogP contribution is 2.19.